The van der Waals surface area contributed by atoms with Gasteiger partial charge in [0.25, 0.3) is 8.25 Å². The molecule has 0 spiro atoms. The van der Waals surface area contributed by atoms with Gasteiger partial charge in [0, 0.05) is 6.20 Å². The number of nitrogens with one attached hydrogen (secondary N) is 1. The van der Waals surface area contributed by atoms with Gasteiger partial charge < -0.3 is 20.0 Å². The van der Waals surface area contributed by atoms with Crippen molar-refractivity contribution in [3.8, 4) is 0 Å². The van der Waals surface area contributed by atoms with Crippen molar-refractivity contribution >= 4 is 43.3 Å². The molecule has 0 aromatic heterocycles. The van der Waals surface area contributed by atoms with Crippen LogP contribution < -0.4 is 14.5 Å². The van der Waals surface area contributed by atoms with Crippen LogP contribution >= 0.6 is 20.2 Å². The second kappa shape index (κ2) is 13.9. The van der Waals surface area contributed by atoms with E-state index >= 15 is 0 Å². The Labute approximate surface area is 91.5 Å². The molecule has 1 aliphatic heterocycles. The third-order valence-electron chi connectivity index (χ3n) is 0.490. The van der Waals surface area contributed by atoms with Gasteiger partial charge in [-0.15, -0.1) is 0 Å². The molecular weight excluding hydrogens is 213 g/mol. The fourth-order valence-electron chi connectivity index (χ4n) is 0.258. The molecule has 0 aromatic carbocycles. The van der Waals surface area contributed by atoms with Crippen LogP contribution in [0.15, 0.2) is 23.8 Å². The Hall–Kier alpha value is 0.376. The van der Waals surface area contributed by atoms with Crippen molar-refractivity contribution in [2.75, 3.05) is 0 Å². The Morgan fingerprint density at radius 2 is 1.83 bits per heavy atom. The molecule has 1 rings (SSSR count). The average Bonchev–Trinajstić information content (AvgIpc) is 1.90. The van der Waals surface area contributed by atoms with Crippen LogP contribution in [0.5, 0.6) is 0 Å². The Bertz CT molecular complexity index is 149. The van der Waals surface area contributed by atoms with Gasteiger partial charge in [-0.1, -0.05) is 10.6 Å². The van der Waals surface area contributed by atoms with Gasteiger partial charge in [-0.3, -0.25) is 0 Å². The molecule has 0 amide bonds. The van der Waals surface area contributed by atoms with Gasteiger partial charge in [-0.05, 0) is 23.4 Å². The molecule has 0 saturated carbocycles. The zero-order chi connectivity index (χ0) is 7.82. The fourth-order valence-corrected chi connectivity index (χ4v) is 0.663. The molecule has 0 fully saturated rings. The van der Waals surface area contributed by atoms with Gasteiger partial charge in [0.2, 0.25) is 0 Å². The van der Waals surface area contributed by atoms with E-state index in [-0.39, 0.29) is 28.5 Å². The molecule has 0 aromatic rings. The van der Waals surface area contributed by atoms with E-state index in [0.29, 0.717) is 0 Å². The van der Waals surface area contributed by atoms with Crippen molar-refractivity contribution in [3.63, 3.8) is 0 Å². The maximum absolute atomic E-state index is 8.48. The standard InChI is InChI=1S/C4H5NS.Mg.HO3P.H2O/c1-2-4-6-5-3-1;;1-4(2)3;/h1-5H;;(H,1,2,3);1H2/q;+2;;/p-1. The van der Waals surface area contributed by atoms with Gasteiger partial charge in [0.1, 0.15) is 0 Å². The average molecular weight is 220 g/mol. The first kappa shape index (κ1) is 18.2. The summed E-state index contributed by atoms with van der Waals surface area (Å²) >= 11 is 1.58. The quantitative estimate of drug-likeness (QED) is 0.301. The molecule has 0 saturated heterocycles. The molecule has 12 heavy (non-hydrogen) atoms. The molecule has 0 unspecified atom stereocenters. The third-order valence-corrected chi connectivity index (χ3v) is 1.06. The Balaban J connectivity index is -0.000000124. The maximum Gasteiger partial charge on any atom is 2.00 e. The largest absolute Gasteiger partial charge is 2.00 e. The Kier molecular flexibility index (Phi) is 21.2. The summed E-state index contributed by atoms with van der Waals surface area (Å²) in [6.07, 6.45) is 5.84. The van der Waals surface area contributed by atoms with Gasteiger partial charge >= 0.3 is 23.1 Å². The van der Waals surface area contributed by atoms with E-state index in [9.17, 15) is 0 Å². The van der Waals surface area contributed by atoms with E-state index in [4.69, 9.17) is 14.4 Å². The predicted molar refractivity (Wildman–Crippen MR) is 46.0 cm³/mol. The van der Waals surface area contributed by atoms with Gasteiger partial charge in [0.05, 0.1) is 0 Å². The smallest absolute Gasteiger partial charge is 0.598 e. The van der Waals surface area contributed by atoms with Crippen LogP contribution in [0.4, 0.5) is 0 Å². The summed E-state index contributed by atoms with van der Waals surface area (Å²) in [6.45, 7) is 0. The molecule has 8 heteroatoms. The van der Waals surface area contributed by atoms with E-state index in [0.717, 1.165) is 0 Å². The van der Waals surface area contributed by atoms with E-state index in [1.807, 2.05) is 23.8 Å². The first-order valence-corrected chi connectivity index (χ1v) is 4.25. The van der Waals surface area contributed by atoms with E-state index in [1.165, 1.54) is 0 Å². The monoisotopic (exact) mass is 220 g/mol. The number of allylic oxidation sites excluding steroid dienone is 2. The number of hydrogen-bond acceptors (Lipinski definition) is 5. The minimum Gasteiger partial charge on any atom is -0.598 e. The zero-order valence-corrected chi connectivity index (χ0v) is 9.22. The second-order valence-electron chi connectivity index (χ2n) is 1.15. The van der Waals surface area contributed by atoms with Crippen molar-refractivity contribution < 1.29 is 19.8 Å². The van der Waals surface area contributed by atoms with Crippen LogP contribution in [-0.4, -0.2) is 28.5 Å². The first-order chi connectivity index (χ1) is 4.73. The van der Waals surface area contributed by atoms with Crippen molar-refractivity contribution in [3.05, 3.63) is 23.8 Å². The van der Waals surface area contributed by atoms with Crippen LogP contribution in [0.3, 0.4) is 0 Å². The SMILES string of the molecule is C1=CNSC=C1.O.O=[P+]([O-])[O-].[Mg+2]. The fraction of sp³-hybridized carbons (Fsp3) is 0. The first-order valence-electron chi connectivity index (χ1n) is 2.28. The van der Waals surface area contributed by atoms with E-state index < -0.39 is 8.25 Å². The van der Waals surface area contributed by atoms with Crippen LogP contribution in [0.1, 0.15) is 0 Å². The molecule has 3 N–H and O–H groups in total. The number of hydrogen-bond donors (Lipinski definition) is 1. The van der Waals surface area contributed by atoms with E-state index in [1.54, 1.807) is 11.9 Å². The molecule has 5 nitrogen and oxygen atoms in total. The van der Waals surface area contributed by atoms with Crippen LogP contribution in [0.25, 0.3) is 0 Å². The summed E-state index contributed by atoms with van der Waals surface area (Å²) in [5, 5.41) is 1.99. The summed E-state index contributed by atoms with van der Waals surface area (Å²) < 4.78 is 11.4. The van der Waals surface area contributed by atoms with Gasteiger partial charge in [-0.2, -0.15) is 0 Å². The van der Waals surface area contributed by atoms with E-state index in [2.05, 4.69) is 4.72 Å². The van der Waals surface area contributed by atoms with Crippen molar-refractivity contribution in [2.45, 2.75) is 0 Å². The summed E-state index contributed by atoms with van der Waals surface area (Å²) in [4.78, 5) is 17.0. The van der Waals surface area contributed by atoms with Crippen molar-refractivity contribution in [1.29, 1.82) is 0 Å². The van der Waals surface area contributed by atoms with Crippen molar-refractivity contribution in [1.82, 2.24) is 4.72 Å². The topological polar surface area (TPSA) is 107 Å². The molecular formula is C4H7MgNO4PS+. The van der Waals surface area contributed by atoms with Crippen molar-refractivity contribution in [2.24, 2.45) is 0 Å². The summed E-state index contributed by atoms with van der Waals surface area (Å²) in [7, 11) is -3.37. The number of rotatable bonds is 0. The molecule has 0 radical (unpaired) electrons. The molecule has 0 bridgehead atoms. The summed E-state index contributed by atoms with van der Waals surface area (Å²) in [5.41, 5.74) is 0. The van der Waals surface area contributed by atoms with Gasteiger partial charge in [0.15, 0.2) is 0 Å². The molecule has 64 valence electrons. The Morgan fingerprint density at radius 3 is 1.92 bits per heavy atom. The normalized spacial score (nSPS) is 10.8. The molecule has 1 aliphatic rings. The van der Waals surface area contributed by atoms with Crippen LogP contribution in [-0.2, 0) is 4.57 Å². The molecule has 1 heterocycles. The summed E-state index contributed by atoms with van der Waals surface area (Å²) in [5.74, 6) is 0. The molecule has 0 atom stereocenters. The van der Waals surface area contributed by atoms with Crippen LogP contribution in [0.2, 0.25) is 0 Å². The second-order valence-corrected chi connectivity index (χ2v) is 2.34. The zero-order valence-electron chi connectivity index (χ0n) is 6.10. The Morgan fingerprint density at radius 1 is 1.33 bits per heavy atom. The minimum absolute atomic E-state index is 0. The predicted octanol–water partition coefficient (Wildman–Crippen LogP) is -1.58. The maximum atomic E-state index is 8.48. The molecule has 0 aliphatic carbocycles. The van der Waals surface area contributed by atoms with Gasteiger partial charge in [-0.25, -0.2) is 0 Å². The minimum atomic E-state index is -3.37. The summed E-state index contributed by atoms with van der Waals surface area (Å²) in [6, 6.07) is 0. The van der Waals surface area contributed by atoms with Crippen LogP contribution in [0, 0.1) is 0 Å². The third kappa shape index (κ3) is 22.4.